The predicted octanol–water partition coefficient (Wildman–Crippen LogP) is 4.12. The van der Waals surface area contributed by atoms with Crippen LogP contribution in [0.3, 0.4) is 0 Å². The fourth-order valence-electron chi connectivity index (χ4n) is 3.06. The second-order valence-corrected chi connectivity index (χ2v) is 8.72. The molecule has 3 rings (SSSR count). The maximum absolute atomic E-state index is 13.7. The van der Waals surface area contributed by atoms with Gasteiger partial charge in [0.25, 0.3) is 5.91 Å². The van der Waals surface area contributed by atoms with E-state index in [-0.39, 0.29) is 35.2 Å². The molecule has 0 aliphatic rings. The average Bonchev–Trinajstić information content (AvgIpc) is 3.12. The molecule has 0 radical (unpaired) electrons. The maximum Gasteiger partial charge on any atom is 0.251 e. The number of hydrogen-bond donors (Lipinski definition) is 2. The Labute approximate surface area is 190 Å². The van der Waals surface area contributed by atoms with Gasteiger partial charge in [0.1, 0.15) is 5.82 Å². The second kappa shape index (κ2) is 10.4. The average molecular weight is 456 g/mol. The van der Waals surface area contributed by atoms with Crippen molar-refractivity contribution in [3.8, 4) is 0 Å². The van der Waals surface area contributed by atoms with Gasteiger partial charge in [-0.15, -0.1) is 10.2 Å². The Balaban J connectivity index is 1.67. The lowest BCUT2D eigenvalue weighted by atomic mass is 10.0. The van der Waals surface area contributed by atoms with Crippen LogP contribution in [0.15, 0.2) is 53.7 Å². The molecule has 2 amide bonds. The van der Waals surface area contributed by atoms with Gasteiger partial charge in [0.2, 0.25) is 5.91 Å². The molecule has 32 heavy (non-hydrogen) atoms. The predicted molar refractivity (Wildman–Crippen MR) is 123 cm³/mol. The van der Waals surface area contributed by atoms with Crippen molar-refractivity contribution >= 4 is 29.3 Å². The first-order valence-electron chi connectivity index (χ1n) is 10.2. The van der Waals surface area contributed by atoms with Crippen molar-refractivity contribution in [2.24, 2.45) is 13.0 Å². The molecule has 1 aromatic heterocycles. The standard InChI is InChI=1S/C23H26FN5O2S/c1-14(2)20(26-22(31)16-11-9-15(3)10-12-16)21-27-28-23(29(21)4)32-13-19(30)25-18-8-6-5-7-17(18)24/h5-12,14,20H,13H2,1-4H3,(H,25,30)(H,26,31)/t20-/m0/s1. The van der Waals surface area contributed by atoms with Crippen LogP contribution in [0.4, 0.5) is 10.1 Å². The number of hydrogen-bond acceptors (Lipinski definition) is 5. The highest BCUT2D eigenvalue weighted by molar-refractivity contribution is 7.99. The van der Waals surface area contributed by atoms with E-state index in [1.807, 2.05) is 32.9 Å². The van der Waals surface area contributed by atoms with Gasteiger partial charge in [-0.1, -0.05) is 55.4 Å². The Morgan fingerprint density at radius 2 is 1.78 bits per heavy atom. The summed E-state index contributed by atoms with van der Waals surface area (Å²) < 4.78 is 15.5. The molecule has 0 saturated carbocycles. The van der Waals surface area contributed by atoms with Crippen LogP contribution >= 0.6 is 11.8 Å². The zero-order valence-electron chi connectivity index (χ0n) is 18.4. The molecule has 0 saturated heterocycles. The number of nitrogens with zero attached hydrogens (tertiary/aromatic N) is 3. The van der Waals surface area contributed by atoms with Gasteiger partial charge in [0, 0.05) is 12.6 Å². The number of halogens is 1. The summed E-state index contributed by atoms with van der Waals surface area (Å²) in [4.78, 5) is 24.9. The van der Waals surface area contributed by atoms with Gasteiger partial charge in [-0.05, 0) is 37.1 Å². The SMILES string of the molecule is Cc1ccc(C(=O)N[C@H](c2nnc(SCC(=O)Nc3ccccc3F)n2C)C(C)C)cc1. The van der Waals surface area contributed by atoms with E-state index in [1.54, 1.807) is 35.9 Å². The van der Waals surface area contributed by atoms with Crippen molar-refractivity contribution in [1.29, 1.82) is 0 Å². The Bertz CT molecular complexity index is 1100. The van der Waals surface area contributed by atoms with Crippen LogP contribution < -0.4 is 10.6 Å². The summed E-state index contributed by atoms with van der Waals surface area (Å²) in [5.41, 5.74) is 1.79. The number of amides is 2. The van der Waals surface area contributed by atoms with Gasteiger partial charge < -0.3 is 15.2 Å². The number of carbonyl (C=O) groups excluding carboxylic acids is 2. The summed E-state index contributed by atoms with van der Waals surface area (Å²) in [5, 5.41) is 14.5. The summed E-state index contributed by atoms with van der Waals surface area (Å²) in [6.07, 6.45) is 0. The smallest absolute Gasteiger partial charge is 0.251 e. The minimum atomic E-state index is -0.490. The van der Waals surface area contributed by atoms with Crippen LogP contribution in [-0.4, -0.2) is 32.3 Å². The van der Waals surface area contributed by atoms with E-state index in [9.17, 15) is 14.0 Å². The molecule has 0 aliphatic heterocycles. The van der Waals surface area contributed by atoms with E-state index in [1.165, 1.54) is 23.9 Å². The van der Waals surface area contributed by atoms with Crippen LogP contribution in [0.2, 0.25) is 0 Å². The topological polar surface area (TPSA) is 88.9 Å². The third-order valence-electron chi connectivity index (χ3n) is 4.89. The van der Waals surface area contributed by atoms with Gasteiger partial charge >= 0.3 is 0 Å². The summed E-state index contributed by atoms with van der Waals surface area (Å²) >= 11 is 1.19. The molecule has 2 aromatic carbocycles. The van der Waals surface area contributed by atoms with Crippen molar-refractivity contribution in [3.63, 3.8) is 0 Å². The summed E-state index contributed by atoms with van der Waals surface area (Å²) in [6, 6.07) is 13.0. The number of anilines is 1. The summed E-state index contributed by atoms with van der Waals surface area (Å²) in [5.74, 6) is -0.326. The highest BCUT2D eigenvalue weighted by Crippen LogP contribution is 2.25. The number of aromatic nitrogens is 3. The molecule has 0 fully saturated rings. The Morgan fingerprint density at radius 3 is 2.44 bits per heavy atom. The Morgan fingerprint density at radius 1 is 1.09 bits per heavy atom. The Hall–Kier alpha value is -3.20. The van der Waals surface area contributed by atoms with Crippen molar-refractivity contribution < 1.29 is 14.0 Å². The first kappa shape index (κ1) is 23.5. The third-order valence-corrected chi connectivity index (χ3v) is 5.91. The van der Waals surface area contributed by atoms with Crippen LogP contribution in [0, 0.1) is 18.7 Å². The molecular formula is C23H26FN5O2S. The molecule has 3 aromatic rings. The van der Waals surface area contributed by atoms with E-state index in [0.29, 0.717) is 16.5 Å². The molecule has 168 valence electrons. The minimum Gasteiger partial charge on any atom is -0.342 e. The van der Waals surface area contributed by atoms with Crippen molar-refractivity contribution in [1.82, 2.24) is 20.1 Å². The van der Waals surface area contributed by atoms with Gasteiger partial charge in [-0.3, -0.25) is 9.59 Å². The monoisotopic (exact) mass is 455 g/mol. The van der Waals surface area contributed by atoms with Crippen LogP contribution in [0.25, 0.3) is 0 Å². The normalized spacial score (nSPS) is 11.9. The number of para-hydroxylation sites is 1. The molecule has 0 bridgehead atoms. The minimum absolute atomic E-state index is 0.0440. The van der Waals surface area contributed by atoms with E-state index in [2.05, 4.69) is 20.8 Å². The number of benzene rings is 2. The maximum atomic E-state index is 13.7. The first-order chi connectivity index (χ1) is 15.3. The van der Waals surface area contributed by atoms with Gasteiger partial charge in [0.15, 0.2) is 11.0 Å². The molecule has 7 nitrogen and oxygen atoms in total. The zero-order chi connectivity index (χ0) is 23.3. The number of carbonyl (C=O) groups is 2. The van der Waals surface area contributed by atoms with Crippen LogP contribution in [0.5, 0.6) is 0 Å². The lowest BCUT2D eigenvalue weighted by Gasteiger charge is -2.21. The van der Waals surface area contributed by atoms with Crippen LogP contribution in [0.1, 0.15) is 41.6 Å². The summed E-state index contributed by atoms with van der Waals surface area (Å²) in [6.45, 7) is 5.95. The van der Waals surface area contributed by atoms with Crippen LogP contribution in [-0.2, 0) is 11.8 Å². The lowest BCUT2D eigenvalue weighted by Crippen LogP contribution is -2.33. The highest BCUT2D eigenvalue weighted by atomic mass is 32.2. The molecule has 1 heterocycles. The van der Waals surface area contributed by atoms with E-state index >= 15 is 0 Å². The van der Waals surface area contributed by atoms with E-state index in [4.69, 9.17) is 0 Å². The fraction of sp³-hybridized carbons (Fsp3) is 0.304. The number of thioether (sulfide) groups is 1. The molecule has 9 heteroatoms. The third kappa shape index (κ3) is 5.73. The number of aryl methyl sites for hydroxylation is 1. The largest absolute Gasteiger partial charge is 0.342 e. The Kier molecular flexibility index (Phi) is 7.63. The zero-order valence-corrected chi connectivity index (χ0v) is 19.2. The lowest BCUT2D eigenvalue weighted by molar-refractivity contribution is -0.113. The second-order valence-electron chi connectivity index (χ2n) is 7.78. The number of nitrogens with one attached hydrogen (secondary N) is 2. The van der Waals surface area contributed by atoms with Gasteiger partial charge in [-0.2, -0.15) is 0 Å². The van der Waals surface area contributed by atoms with Crippen molar-refractivity contribution in [2.75, 3.05) is 11.1 Å². The molecule has 2 N–H and O–H groups in total. The summed E-state index contributed by atoms with van der Waals surface area (Å²) in [7, 11) is 1.79. The molecule has 0 unspecified atom stereocenters. The van der Waals surface area contributed by atoms with Gasteiger partial charge in [0.05, 0.1) is 17.5 Å². The molecule has 0 aliphatic carbocycles. The fourth-order valence-corrected chi connectivity index (χ4v) is 3.78. The quantitative estimate of drug-likeness (QED) is 0.499. The number of rotatable bonds is 8. The molecule has 1 atom stereocenters. The highest BCUT2D eigenvalue weighted by Gasteiger charge is 2.25. The molecule has 0 spiro atoms. The van der Waals surface area contributed by atoms with Gasteiger partial charge in [-0.25, -0.2) is 4.39 Å². The van der Waals surface area contributed by atoms with Crippen molar-refractivity contribution in [3.05, 3.63) is 71.3 Å². The first-order valence-corrected chi connectivity index (χ1v) is 11.2. The van der Waals surface area contributed by atoms with Crippen molar-refractivity contribution in [2.45, 2.75) is 32.0 Å². The van der Waals surface area contributed by atoms with E-state index < -0.39 is 5.82 Å². The van der Waals surface area contributed by atoms with E-state index in [0.717, 1.165) is 5.56 Å². The molecular weight excluding hydrogens is 429 g/mol.